The van der Waals surface area contributed by atoms with E-state index in [0.717, 1.165) is 12.8 Å². The molecule has 0 heterocycles. The van der Waals surface area contributed by atoms with Crippen LogP contribution in [0.25, 0.3) is 0 Å². The van der Waals surface area contributed by atoms with Gasteiger partial charge in [-0.1, -0.05) is 37.1 Å². The number of rotatable bonds is 9. The number of carbonyl (C=O) groups is 1. The predicted octanol–water partition coefficient (Wildman–Crippen LogP) is 4.32. The molecule has 1 aromatic rings. The summed E-state index contributed by atoms with van der Waals surface area (Å²) in [4.78, 5) is 16.4. The number of hydrogen-bond acceptors (Lipinski definition) is 4. The highest BCUT2D eigenvalue weighted by molar-refractivity contribution is 6.35. The van der Waals surface area contributed by atoms with E-state index < -0.39 is 11.7 Å². The number of carbonyl (C=O) groups excluding carboxylic acids is 1. The van der Waals surface area contributed by atoms with Crippen molar-refractivity contribution in [3.05, 3.63) is 52.6 Å². The van der Waals surface area contributed by atoms with Gasteiger partial charge in [-0.3, -0.25) is 4.79 Å². The van der Waals surface area contributed by atoms with E-state index in [0.29, 0.717) is 18.1 Å². The van der Waals surface area contributed by atoms with Crippen LogP contribution in [0.3, 0.4) is 0 Å². The Morgan fingerprint density at radius 1 is 1.41 bits per heavy atom. The number of nitrogens with zero attached hydrogens (tertiary/aromatic N) is 1. The summed E-state index contributed by atoms with van der Waals surface area (Å²) in [5, 5.41) is 2.67. The maximum absolute atomic E-state index is 13.8. The summed E-state index contributed by atoms with van der Waals surface area (Å²) in [6.45, 7) is 7.64. The molecule has 1 aliphatic rings. The molecule has 0 aliphatic heterocycles. The van der Waals surface area contributed by atoms with E-state index in [1.807, 2.05) is 0 Å². The van der Waals surface area contributed by atoms with E-state index in [1.54, 1.807) is 6.07 Å². The van der Waals surface area contributed by atoms with E-state index in [4.69, 9.17) is 21.1 Å². The van der Waals surface area contributed by atoms with Crippen molar-refractivity contribution < 1.29 is 18.7 Å². The van der Waals surface area contributed by atoms with Crippen molar-refractivity contribution in [3.8, 4) is 5.75 Å². The fraction of sp³-hybridized carbons (Fsp3) is 0.400. The molecule has 0 saturated heterocycles. The quantitative estimate of drug-likeness (QED) is 0.293. The first-order chi connectivity index (χ1) is 13.0. The molecule has 0 radical (unpaired) electrons. The number of nitrogens with one attached hydrogen (secondary N) is 1. The molecule has 0 atom stereocenters. The van der Waals surface area contributed by atoms with Crippen LogP contribution >= 0.6 is 11.6 Å². The summed E-state index contributed by atoms with van der Waals surface area (Å²) in [6, 6.07) is 4.45. The second kappa shape index (κ2) is 10.1. The zero-order valence-corrected chi connectivity index (χ0v) is 16.2. The van der Waals surface area contributed by atoms with Crippen molar-refractivity contribution in [2.24, 2.45) is 10.9 Å². The highest BCUT2D eigenvalue weighted by Crippen LogP contribution is 2.27. The van der Waals surface area contributed by atoms with E-state index >= 15 is 0 Å². The van der Waals surface area contributed by atoms with E-state index in [-0.39, 0.29) is 28.8 Å². The number of methoxy groups -OCH3 is 1. The molecule has 27 heavy (non-hydrogen) atoms. The summed E-state index contributed by atoms with van der Waals surface area (Å²) < 4.78 is 24.3. The Balaban J connectivity index is 2.06. The Morgan fingerprint density at radius 2 is 2.11 bits per heavy atom. The Morgan fingerprint density at radius 3 is 2.67 bits per heavy atom. The molecule has 1 amide bonds. The van der Waals surface area contributed by atoms with E-state index in [9.17, 15) is 9.18 Å². The minimum absolute atomic E-state index is 0.00207. The van der Waals surface area contributed by atoms with E-state index in [2.05, 4.69) is 23.6 Å². The van der Waals surface area contributed by atoms with Crippen LogP contribution < -0.4 is 10.1 Å². The van der Waals surface area contributed by atoms with Gasteiger partial charge in [-0.05, 0) is 43.2 Å². The molecule has 1 saturated carbocycles. The van der Waals surface area contributed by atoms with Crippen LogP contribution in [0, 0.1) is 11.7 Å². The van der Waals surface area contributed by atoms with Crippen molar-refractivity contribution in [1.82, 2.24) is 5.32 Å². The van der Waals surface area contributed by atoms with Crippen LogP contribution in [0.2, 0.25) is 0 Å². The number of ether oxygens (including phenoxy) is 2. The largest absolute Gasteiger partial charge is 0.494 e. The van der Waals surface area contributed by atoms with Crippen molar-refractivity contribution in [2.75, 3.05) is 13.7 Å². The van der Waals surface area contributed by atoms with Gasteiger partial charge in [0.1, 0.15) is 5.57 Å². The SMILES string of the molecule is C=N/C(OCC1CCCC1)=C(\C(=C)Cl)C(=O)NCc1ccc(OC)c(F)c1. The van der Waals surface area contributed by atoms with Crippen LogP contribution in [0.1, 0.15) is 31.2 Å². The van der Waals surface area contributed by atoms with Crippen molar-refractivity contribution >= 4 is 24.2 Å². The minimum atomic E-state index is -0.514. The van der Waals surface area contributed by atoms with Gasteiger partial charge in [0.05, 0.1) is 18.7 Å². The lowest BCUT2D eigenvalue weighted by molar-refractivity contribution is -0.117. The van der Waals surface area contributed by atoms with Gasteiger partial charge < -0.3 is 14.8 Å². The third-order valence-electron chi connectivity index (χ3n) is 4.46. The zero-order valence-electron chi connectivity index (χ0n) is 15.4. The lowest BCUT2D eigenvalue weighted by atomic mass is 10.1. The third kappa shape index (κ3) is 5.82. The third-order valence-corrected chi connectivity index (χ3v) is 4.64. The number of hydrogen-bond donors (Lipinski definition) is 1. The second-order valence-electron chi connectivity index (χ2n) is 6.36. The average molecular weight is 395 g/mol. The fourth-order valence-corrected chi connectivity index (χ4v) is 3.16. The van der Waals surface area contributed by atoms with Crippen molar-refractivity contribution in [2.45, 2.75) is 32.2 Å². The molecular weight excluding hydrogens is 371 g/mol. The molecular formula is C20H24ClFN2O3. The molecule has 0 spiro atoms. The van der Waals surface area contributed by atoms with Gasteiger partial charge in [-0.2, -0.15) is 0 Å². The molecule has 5 nitrogen and oxygen atoms in total. The number of benzene rings is 1. The summed E-state index contributed by atoms with van der Waals surface area (Å²) in [5.41, 5.74) is 0.597. The zero-order chi connectivity index (χ0) is 19.8. The average Bonchev–Trinajstić information content (AvgIpc) is 3.16. The highest BCUT2D eigenvalue weighted by atomic mass is 35.5. The molecule has 1 N–H and O–H groups in total. The molecule has 0 bridgehead atoms. The second-order valence-corrected chi connectivity index (χ2v) is 6.81. The van der Waals surface area contributed by atoms with Crippen LogP contribution in [0.4, 0.5) is 4.39 Å². The first-order valence-electron chi connectivity index (χ1n) is 8.75. The Bertz CT molecular complexity index is 743. The summed E-state index contributed by atoms with van der Waals surface area (Å²) in [7, 11) is 1.39. The molecule has 1 fully saturated rings. The molecule has 7 heteroatoms. The monoisotopic (exact) mass is 394 g/mol. The van der Waals surface area contributed by atoms with Crippen LogP contribution in [-0.4, -0.2) is 26.3 Å². The standard InChI is InChI=1S/C20H24ClFN2O3/c1-13(21)18(20(23-2)27-12-14-6-4-5-7-14)19(25)24-11-15-8-9-17(26-3)16(22)10-15/h8-10,14H,1-2,4-7,11-12H2,3H3,(H,24,25)/b20-18-. The molecule has 0 aromatic heterocycles. The molecule has 1 aliphatic carbocycles. The van der Waals surface area contributed by atoms with Gasteiger partial charge in [-0.15, -0.1) is 0 Å². The van der Waals surface area contributed by atoms with Crippen molar-refractivity contribution in [1.29, 1.82) is 0 Å². The molecule has 1 aromatic carbocycles. The summed E-state index contributed by atoms with van der Waals surface area (Å²) in [6.07, 6.45) is 4.55. The lowest BCUT2D eigenvalue weighted by Gasteiger charge is -2.15. The van der Waals surface area contributed by atoms with Crippen LogP contribution in [-0.2, 0) is 16.1 Å². The number of halogens is 2. The number of amides is 1. The Hall–Kier alpha value is -2.34. The summed E-state index contributed by atoms with van der Waals surface area (Å²) in [5.74, 6) is -0.384. The van der Waals surface area contributed by atoms with Gasteiger partial charge in [-0.25, -0.2) is 9.38 Å². The van der Waals surface area contributed by atoms with E-state index in [1.165, 1.54) is 32.1 Å². The molecule has 0 unspecified atom stereocenters. The molecule has 2 rings (SSSR count). The summed E-state index contributed by atoms with van der Waals surface area (Å²) >= 11 is 6.00. The van der Waals surface area contributed by atoms with Gasteiger partial charge >= 0.3 is 0 Å². The van der Waals surface area contributed by atoms with Crippen LogP contribution in [0.15, 0.2) is 46.3 Å². The topological polar surface area (TPSA) is 59.9 Å². The maximum atomic E-state index is 13.8. The van der Waals surface area contributed by atoms with Gasteiger partial charge in [0.15, 0.2) is 11.6 Å². The Kier molecular flexibility index (Phi) is 7.85. The van der Waals surface area contributed by atoms with Gasteiger partial charge in [0.2, 0.25) is 5.88 Å². The first kappa shape index (κ1) is 21.0. The van der Waals surface area contributed by atoms with Crippen LogP contribution in [0.5, 0.6) is 5.75 Å². The predicted molar refractivity (Wildman–Crippen MR) is 104 cm³/mol. The van der Waals surface area contributed by atoms with Gasteiger partial charge in [0.25, 0.3) is 5.91 Å². The highest BCUT2D eigenvalue weighted by Gasteiger charge is 2.21. The fourth-order valence-electron chi connectivity index (χ4n) is 3.00. The normalized spacial score (nSPS) is 15.1. The lowest BCUT2D eigenvalue weighted by Crippen LogP contribution is -2.26. The van der Waals surface area contributed by atoms with Crippen molar-refractivity contribution in [3.63, 3.8) is 0 Å². The number of aliphatic imine (C=N–C) groups is 1. The maximum Gasteiger partial charge on any atom is 0.258 e. The van der Waals surface area contributed by atoms with Gasteiger partial charge in [0, 0.05) is 6.54 Å². The first-order valence-corrected chi connectivity index (χ1v) is 9.13. The Labute approximate surface area is 163 Å². The smallest absolute Gasteiger partial charge is 0.258 e. The minimum Gasteiger partial charge on any atom is -0.494 e. The molecule has 146 valence electrons.